The number of fused-ring (bicyclic) bond motifs is 1. The van der Waals surface area contributed by atoms with Crippen molar-refractivity contribution in [2.24, 2.45) is 0 Å². The molecular weight excluding hydrogens is 311 g/mol. The third kappa shape index (κ3) is 3.21. The SMILES string of the molecule is O=C(OCc1ccccc1)c1nc(C(F)(F)F)n2c1CNCC2. The van der Waals surface area contributed by atoms with Gasteiger partial charge in [0.2, 0.25) is 5.82 Å². The van der Waals surface area contributed by atoms with Crippen LogP contribution in [-0.2, 0) is 30.6 Å². The highest BCUT2D eigenvalue weighted by Crippen LogP contribution is 2.31. The van der Waals surface area contributed by atoms with E-state index in [2.05, 4.69) is 10.3 Å². The third-order valence-corrected chi connectivity index (χ3v) is 3.54. The van der Waals surface area contributed by atoms with E-state index in [4.69, 9.17) is 4.74 Å². The zero-order valence-electron chi connectivity index (χ0n) is 12.1. The van der Waals surface area contributed by atoms with Crippen molar-refractivity contribution in [3.63, 3.8) is 0 Å². The number of hydrogen-bond acceptors (Lipinski definition) is 4. The lowest BCUT2D eigenvalue weighted by Gasteiger charge is -2.19. The van der Waals surface area contributed by atoms with E-state index in [1.807, 2.05) is 6.07 Å². The van der Waals surface area contributed by atoms with Gasteiger partial charge in [0.25, 0.3) is 0 Å². The molecule has 0 atom stereocenters. The zero-order chi connectivity index (χ0) is 16.4. The molecule has 0 fully saturated rings. The molecule has 0 amide bonds. The van der Waals surface area contributed by atoms with Crippen LogP contribution in [0.4, 0.5) is 13.2 Å². The summed E-state index contributed by atoms with van der Waals surface area (Å²) in [5.74, 6) is -1.91. The van der Waals surface area contributed by atoms with E-state index < -0.39 is 18.0 Å². The van der Waals surface area contributed by atoms with Gasteiger partial charge in [0.05, 0.1) is 5.69 Å². The van der Waals surface area contributed by atoms with Gasteiger partial charge in [-0.15, -0.1) is 0 Å². The van der Waals surface area contributed by atoms with Crippen molar-refractivity contribution >= 4 is 5.97 Å². The van der Waals surface area contributed by atoms with Gasteiger partial charge in [0.1, 0.15) is 6.61 Å². The summed E-state index contributed by atoms with van der Waals surface area (Å²) in [6.07, 6.45) is -4.61. The molecule has 1 aliphatic heterocycles. The highest BCUT2D eigenvalue weighted by molar-refractivity contribution is 5.88. The van der Waals surface area contributed by atoms with Gasteiger partial charge in [-0.3, -0.25) is 0 Å². The fraction of sp³-hybridized carbons (Fsp3) is 0.333. The fourth-order valence-corrected chi connectivity index (χ4v) is 2.48. The number of carbonyl (C=O) groups is 1. The molecule has 2 aromatic rings. The number of nitrogens with zero attached hydrogens (tertiary/aromatic N) is 2. The smallest absolute Gasteiger partial charge is 0.449 e. The first-order valence-corrected chi connectivity index (χ1v) is 7.05. The van der Waals surface area contributed by atoms with Crippen molar-refractivity contribution in [3.05, 3.63) is 53.1 Å². The minimum absolute atomic E-state index is 0.0131. The lowest BCUT2D eigenvalue weighted by molar-refractivity contribution is -0.147. The number of benzene rings is 1. The molecule has 0 spiro atoms. The van der Waals surface area contributed by atoms with E-state index in [9.17, 15) is 18.0 Å². The summed E-state index contributed by atoms with van der Waals surface area (Å²) in [4.78, 5) is 15.6. The Morgan fingerprint density at radius 1 is 1.30 bits per heavy atom. The summed E-state index contributed by atoms with van der Waals surface area (Å²) in [5.41, 5.74) is 0.685. The van der Waals surface area contributed by atoms with Crippen molar-refractivity contribution in [1.29, 1.82) is 0 Å². The van der Waals surface area contributed by atoms with Crippen LogP contribution >= 0.6 is 0 Å². The number of ether oxygens (including phenoxy) is 1. The van der Waals surface area contributed by atoms with Gasteiger partial charge in [-0.1, -0.05) is 30.3 Å². The summed E-state index contributed by atoms with van der Waals surface area (Å²) < 4.78 is 45.3. The largest absolute Gasteiger partial charge is 0.456 e. The first-order valence-electron chi connectivity index (χ1n) is 7.05. The molecule has 8 heteroatoms. The Hall–Kier alpha value is -2.35. The van der Waals surface area contributed by atoms with Crippen molar-refractivity contribution in [3.8, 4) is 0 Å². The van der Waals surface area contributed by atoms with Crippen LogP contribution < -0.4 is 5.32 Å². The van der Waals surface area contributed by atoms with E-state index in [1.165, 1.54) is 0 Å². The monoisotopic (exact) mass is 325 g/mol. The number of hydrogen-bond donors (Lipinski definition) is 1. The lowest BCUT2D eigenvalue weighted by Crippen LogP contribution is -2.31. The number of imidazole rings is 1. The number of esters is 1. The molecule has 0 radical (unpaired) electrons. The molecule has 0 saturated heterocycles. The average Bonchev–Trinajstić information content (AvgIpc) is 2.93. The molecule has 23 heavy (non-hydrogen) atoms. The van der Waals surface area contributed by atoms with Gasteiger partial charge < -0.3 is 14.6 Å². The van der Waals surface area contributed by atoms with Gasteiger partial charge in [-0.05, 0) is 5.56 Å². The Labute approximate surface area is 130 Å². The quantitative estimate of drug-likeness (QED) is 0.880. The van der Waals surface area contributed by atoms with E-state index in [1.54, 1.807) is 24.3 Å². The molecule has 3 rings (SSSR count). The summed E-state index contributed by atoms with van der Waals surface area (Å²) in [5, 5.41) is 2.94. The van der Waals surface area contributed by atoms with Crippen LogP contribution in [0.15, 0.2) is 30.3 Å². The van der Waals surface area contributed by atoms with Crippen LogP contribution in [0.2, 0.25) is 0 Å². The molecule has 2 heterocycles. The molecule has 1 aromatic heterocycles. The van der Waals surface area contributed by atoms with Crippen LogP contribution in [-0.4, -0.2) is 22.1 Å². The van der Waals surface area contributed by atoms with E-state index in [0.29, 0.717) is 6.54 Å². The van der Waals surface area contributed by atoms with Crippen molar-refractivity contribution in [2.45, 2.75) is 25.9 Å². The Morgan fingerprint density at radius 2 is 2.04 bits per heavy atom. The average molecular weight is 325 g/mol. The Balaban J connectivity index is 1.84. The summed E-state index contributed by atoms with van der Waals surface area (Å²) in [7, 11) is 0. The standard InChI is InChI=1S/C15H14F3N3O2/c16-15(17,18)14-20-12(11-8-19-6-7-21(11)14)13(22)23-9-10-4-2-1-3-5-10/h1-5,19H,6-9H2. The predicted molar refractivity (Wildman–Crippen MR) is 74.5 cm³/mol. The van der Waals surface area contributed by atoms with Gasteiger partial charge in [0, 0.05) is 19.6 Å². The van der Waals surface area contributed by atoms with Crippen LogP contribution in [0, 0.1) is 0 Å². The molecule has 0 unspecified atom stereocenters. The maximum atomic E-state index is 13.0. The van der Waals surface area contributed by atoms with Crippen LogP contribution in [0.5, 0.6) is 0 Å². The highest BCUT2D eigenvalue weighted by Gasteiger charge is 2.40. The summed E-state index contributed by atoms with van der Waals surface area (Å²) in [6, 6.07) is 8.91. The van der Waals surface area contributed by atoms with Crippen LogP contribution in [0.3, 0.4) is 0 Å². The van der Waals surface area contributed by atoms with E-state index in [-0.39, 0.29) is 31.1 Å². The maximum Gasteiger partial charge on any atom is 0.449 e. The second-order valence-corrected chi connectivity index (χ2v) is 5.12. The molecular formula is C15H14F3N3O2. The Kier molecular flexibility index (Phi) is 4.08. The van der Waals surface area contributed by atoms with Gasteiger partial charge in [0.15, 0.2) is 5.69 Å². The van der Waals surface area contributed by atoms with Crippen molar-refractivity contribution < 1.29 is 22.7 Å². The molecule has 1 N–H and O–H groups in total. The van der Waals surface area contributed by atoms with E-state index >= 15 is 0 Å². The first-order chi connectivity index (χ1) is 11.0. The Morgan fingerprint density at radius 3 is 2.74 bits per heavy atom. The highest BCUT2D eigenvalue weighted by atomic mass is 19.4. The molecule has 0 saturated carbocycles. The molecule has 5 nitrogen and oxygen atoms in total. The third-order valence-electron chi connectivity index (χ3n) is 3.54. The predicted octanol–water partition coefficient (Wildman–Crippen LogP) is 2.36. The first kappa shape index (κ1) is 15.5. The topological polar surface area (TPSA) is 56.1 Å². The summed E-state index contributed by atoms with van der Waals surface area (Å²) in [6.45, 7) is 0.647. The molecule has 1 aromatic carbocycles. The van der Waals surface area contributed by atoms with Gasteiger partial charge in [-0.2, -0.15) is 13.2 Å². The number of rotatable bonds is 3. The fourth-order valence-electron chi connectivity index (χ4n) is 2.48. The minimum atomic E-state index is -4.61. The van der Waals surface area contributed by atoms with Crippen LogP contribution in [0.1, 0.15) is 27.6 Å². The molecule has 0 aliphatic carbocycles. The van der Waals surface area contributed by atoms with Gasteiger partial charge >= 0.3 is 12.1 Å². The van der Waals surface area contributed by atoms with Crippen molar-refractivity contribution in [1.82, 2.24) is 14.9 Å². The lowest BCUT2D eigenvalue weighted by atomic mass is 10.2. The van der Waals surface area contributed by atoms with Gasteiger partial charge in [-0.25, -0.2) is 9.78 Å². The van der Waals surface area contributed by atoms with Crippen molar-refractivity contribution in [2.75, 3.05) is 6.54 Å². The number of aromatic nitrogens is 2. The second kappa shape index (κ2) is 6.04. The second-order valence-electron chi connectivity index (χ2n) is 5.12. The van der Waals surface area contributed by atoms with Crippen LogP contribution in [0.25, 0.3) is 0 Å². The molecule has 122 valence electrons. The minimum Gasteiger partial charge on any atom is -0.456 e. The number of alkyl halides is 3. The number of nitrogens with one attached hydrogen (secondary N) is 1. The maximum absolute atomic E-state index is 13.0. The summed E-state index contributed by atoms with van der Waals surface area (Å²) >= 11 is 0. The normalized spacial score (nSPS) is 14.4. The molecule has 1 aliphatic rings. The van der Waals surface area contributed by atoms with E-state index in [0.717, 1.165) is 10.1 Å². The molecule has 0 bridgehead atoms. The Bertz CT molecular complexity index is 711. The number of carbonyl (C=O) groups excluding carboxylic acids is 1. The zero-order valence-corrected chi connectivity index (χ0v) is 12.1. The number of halogens is 3.